The Labute approximate surface area is 162 Å². The van der Waals surface area contributed by atoms with Crippen LogP contribution in [-0.2, 0) is 21.4 Å². The molecule has 1 aromatic carbocycles. The van der Waals surface area contributed by atoms with Crippen molar-refractivity contribution in [3.05, 3.63) is 63.8 Å². The molecule has 0 fully saturated rings. The van der Waals surface area contributed by atoms with Gasteiger partial charge in [0.25, 0.3) is 15.9 Å². The first-order valence-corrected chi connectivity index (χ1v) is 10.2. The molecule has 140 valence electrons. The predicted octanol–water partition coefficient (Wildman–Crippen LogP) is 3.41. The monoisotopic (exact) mass is 414 g/mol. The zero-order valence-electron chi connectivity index (χ0n) is 14.4. The van der Waals surface area contributed by atoms with E-state index in [9.17, 15) is 13.2 Å². The van der Waals surface area contributed by atoms with Crippen LogP contribution < -0.4 is 0 Å². The van der Waals surface area contributed by atoms with E-state index in [0.717, 1.165) is 9.35 Å². The van der Waals surface area contributed by atoms with Gasteiger partial charge in [-0.15, -0.1) is 17.9 Å². The van der Waals surface area contributed by atoms with Crippen molar-refractivity contribution in [3.8, 4) is 0 Å². The second kappa shape index (κ2) is 8.79. The average molecular weight is 415 g/mol. The maximum Gasteiger partial charge on any atom is 0.264 e. The van der Waals surface area contributed by atoms with Crippen molar-refractivity contribution in [1.29, 1.82) is 0 Å². The zero-order valence-corrected chi connectivity index (χ0v) is 16.8. The molecule has 0 N–H and O–H groups in total. The van der Waals surface area contributed by atoms with Gasteiger partial charge in [0.05, 0.1) is 22.9 Å². The van der Waals surface area contributed by atoms with Crippen LogP contribution >= 0.6 is 22.9 Å². The molecule has 2 aromatic rings. The fraction of sp³-hybridized carbons (Fsp3) is 0.235. The summed E-state index contributed by atoms with van der Waals surface area (Å²) in [6.07, 6.45) is 1.64. The Bertz CT molecular complexity index is 878. The number of hydrogen-bond donors (Lipinski definition) is 0. The number of carbonyl (C=O) groups is 1. The number of thiophene rings is 1. The number of nitrogens with zero attached hydrogens (tertiary/aromatic N) is 2. The van der Waals surface area contributed by atoms with Gasteiger partial charge in [0.2, 0.25) is 0 Å². The summed E-state index contributed by atoms with van der Waals surface area (Å²) in [6, 6.07) is 9.38. The summed E-state index contributed by atoms with van der Waals surface area (Å²) in [5, 5.41) is 0. The van der Waals surface area contributed by atoms with Gasteiger partial charge in [-0.2, -0.15) is 0 Å². The van der Waals surface area contributed by atoms with Gasteiger partial charge >= 0.3 is 0 Å². The Morgan fingerprint density at radius 2 is 1.92 bits per heavy atom. The number of carbonyl (C=O) groups excluding carboxylic acids is 1. The van der Waals surface area contributed by atoms with E-state index < -0.39 is 10.0 Å². The standard InChI is InChI=1S/C17H19ClN2O4S2/c1-4-11-20(12-14-7-10-16(18)25-14)17(21)13-5-8-15(9-6-13)26(22,23)19(2)24-3/h4-10H,1,11-12H2,2-3H3. The second-order valence-corrected chi connectivity index (χ2v) is 9.04. The number of hydrogen-bond acceptors (Lipinski definition) is 5. The highest BCUT2D eigenvalue weighted by Crippen LogP contribution is 2.23. The molecule has 0 saturated carbocycles. The minimum absolute atomic E-state index is 0.0405. The first kappa shape index (κ1) is 20.6. The summed E-state index contributed by atoms with van der Waals surface area (Å²) in [5.74, 6) is -0.224. The highest BCUT2D eigenvalue weighted by Gasteiger charge is 2.22. The van der Waals surface area contributed by atoms with E-state index in [1.807, 2.05) is 6.07 Å². The fourth-order valence-corrected chi connectivity index (χ4v) is 4.28. The van der Waals surface area contributed by atoms with Crippen LogP contribution in [-0.4, -0.2) is 44.4 Å². The molecule has 0 spiro atoms. The third kappa shape index (κ3) is 4.72. The third-order valence-electron chi connectivity index (χ3n) is 3.61. The summed E-state index contributed by atoms with van der Waals surface area (Å²) in [6.45, 7) is 4.44. The van der Waals surface area contributed by atoms with Crippen LogP contribution in [0.25, 0.3) is 0 Å². The summed E-state index contributed by atoms with van der Waals surface area (Å²) in [5.41, 5.74) is 0.383. The number of sulfonamides is 1. The largest absolute Gasteiger partial charge is 0.330 e. The van der Waals surface area contributed by atoms with E-state index in [0.29, 0.717) is 23.0 Å². The number of hydroxylamine groups is 1. The highest BCUT2D eigenvalue weighted by molar-refractivity contribution is 7.89. The van der Waals surface area contributed by atoms with E-state index in [2.05, 4.69) is 6.58 Å². The minimum Gasteiger partial charge on any atom is -0.330 e. The highest BCUT2D eigenvalue weighted by atomic mass is 35.5. The number of halogens is 1. The van der Waals surface area contributed by atoms with E-state index in [-0.39, 0.29) is 10.8 Å². The van der Waals surface area contributed by atoms with Crippen molar-refractivity contribution in [3.63, 3.8) is 0 Å². The van der Waals surface area contributed by atoms with Crippen LogP contribution in [0.1, 0.15) is 15.2 Å². The topological polar surface area (TPSA) is 66.9 Å². The molecule has 1 amide bonds. The van der Waals surface area contributed by atoms with E-state index >= 15 is 0 Å². The molecule has 0 aliphatic rings. The van der Waals surface area contributed by atoms with E-state index in [1.54, 1.807) is 17.0 Å². The maximum atomic E-state index is 12.8. The SMILES string of the molecule is C=CCN(Cc1ccc(Cl)s1)C(=O)c1ccc(S(=O)(=O)N(C)OC)cc1. The molecule has 0 bridgehead atoms. The molecule has 1 heterocycles. The van der Waals surface area contributed by atoms with Crippen molar-refractivity contribution in [1.82, 2.24) is 9.37 Å². The van der Waals surface area contributed by atoms with Gasteiger partial charge in [-0.3, -0.25) is 9.63 Å². The fourth-order valence-electron chi connectivity index (χ4n) is 2.20. The van der Waals surface area contributed by atoms with Crippen LogP contribution in [0, 0.1) is 0 Å². The average Bonchev–Trinajstić information content (AvgIpc) is 3.05. The summed E-state index contributed by atoms with van der Waals surface area (Å²) in [7, 11) is -1.19. The molecule has 6 nitrogen and oxygen atoms in total. The number of rotatable bonds is 8. The van der Waals surface area contributed by atoms with Crippen molar-refractivity contribution in [2.75, 3.05) is 20.7 Å². The lowest BCUT2D eigenvalue weighted by Crippen LogP contribution is -2.30. The molecule has 0 aliphatic heterocycles. The Morgan fingerprint density at radius 1 is 1.27 bits per heavy atom. The predicted molar refractivity (Wildman–Crippen MR) is 103 cm³/mol. The van der Waals surface area contributed by atoms with Crippen molar-refractivity contribution < 1.29 is 18.0 Å². The maximum absolute atomic E-state index is 12.8. The number of benzene rings is 1. The van der Waals surface area contributed by atoms with Crippen LogP contribution in [0.4, 0.5) is 0 Å². The Balaban J connectivity index is 2.22. The lowest BCUT2D eigenvalue weighted by molar-refractivity contribution is -0.0258. The lowest BCUT2D eigenvalue weighted by Gasteiger charge is -2.21. The van der Waals surface area contributed by atoms with Gasteiger partial charge in [0, 0.05) is 24.0 Å². The molecule has 0 unspecified atom stereocenters. The molecule has 0 aliphatic carbocycles. The zero-order chi connectivity index (χ0) is 19.3. The second-order valence-electron chi connectivity index (χ2n) is 5.30. The van der Waals surface area contributed by atoms with Gasteiger partial charge in [-0.25, -0.2) is 8.42 Å². The summed E-state index contributed by atoms with van der Waals surface area (Å²) >= 11 is 7.34. The van der Waals surface area contributed by atoms with Gasteiger partial charge in [-0.05, 0) is 36.4 Å². The first-order chi connectivity index (χ1) is 12.3. The first-order valence-electron chi connectivity index (χ1n) is 7.57. The smallest absolute Gasteiger partial charge is 0.264 e. The number of amides is 1. The third-order valence-corrected chi connectivity index (χ3v) is 6.52. The minimum atomic E-state index is -3.75. The van der Waals surface area contributed by atoms with Crippen LogP contribution in [0.15, 0.2) is 53.9 Å². The van der Waals surface area contributed by atoms with Crippen LogP contribution in [0.2, 0.25) is 4.34 Å². The molecular weight excluding hydrogens is 396 g/mol. The molecular formula is C17H19ClN2O4S2. The van der Waals surface area contributed by atoms with Gasteiger partial charge in [0.15, 0.2) is 0 Å². The Morgan fingerprint density at radius 3 is 2.42 bits per heavy atom. The van der Waals surface area contributed by atoms with Crippen molar-refractivity contribution in [2.24, 2.45) is 0 Å². The Hall–Kier alpha value is -1.71. The molecule has 0 saturated heterocycles. The lowest BCUT2D eigenvalue weighted by atomic mass is 10.2. The molecule has 1 aromatic heterocycles. The van der Waals surface area contributed by atoms with Gasteiger partial charge in [0.1, 0.15) is 0 Å². The van der Waals surface area contributed by atoms with E-state index in [1.165, 1.54) is 49.8 Å². The quantitative estimate of drug-likeness (QED) is 0.490. The van der Waals surface area contributed by atoms with Gasteiger partial charge in [-0.1, -0.05) is 22.1 Å². The van der Waals surface area contributed by atoms with Gasteiger partial charge < -0.3 is 4.90 Å². The summed E-state index contributed by atoms with van der Waals surface area (Å²) in [4.78, 5) is 20.1. The molecule has 0 atom stereocenters. The van der Waals surface area contributed by atoms with Crippen LogP contribution in [0.3, 0.4) is 0 Å². The molecule has 0 radical (unpaired) electrons. The Kier molecular flexibility index (Phi) is 6.96. The van der Waals surface area contributed by atoms with Crippen molar-refractivity contribution in [2.45, 2.75) is 11.4 Å². The molecule has 9 heteroatoms. The normalized spacial score (nSPS) is 11.5. The van der Waals surface area contributed by atoms with E-state index in [4.69, 9.17) is 16.4 Å². The molecule has 26 heavy (non-hydrogen) atoms. The summed E-state index contributed by atoms with van der Waals surface area (Å²) < 4.78 is 25.8. The van der Waals surface area contributed by atoms with Crippen LogP contribution in [0.5, 0.6) is 0 Å². The molecule has 2 rings (SSSR count). The van der Waals surface area contributed by atoms with Crippen molar-refractivity contribution >= 4 is 38.9 Å².